The van der Waals surface area contributed by atoms with E-state index in [0.29, 0.717) is 0 Å². The quantitative estimate of drug-likeness (QED) is 0.205. The summed E-state index contributed by atoms with van der Waals surface area (Å²) in [6.07, 6.45) is 1.87. The minimum absolute atomic E-state index is 0.0207. The van der Waals surface area contributed by atoms with Gasteiger partial charge in [-0.15, -0.1) is 0 Å². The van der Waals surface area contributed by atoms with Crippen LogP contribution in [-0.4, -0.2) is 24.1 Å². The summed E-state index contributed by atoms with van der Waals surface area (Å²) in [5, 5.41) is 4.82. The molecule has 0 aliphatic heterocycles. The summed E-state index contributed by atoms with van der Waals surface area (Å²) < 4.78 is 4.62. The molecule has 244 valence electrons. The molecular weight excluding hydrogens is 623 g/mol. The van der Waals surface area contributed by atoms with Gasteiger partial charge in [-0.25, -0.2) is 9.97 Å². The van der Waals surface area contributed by atoms with E-state index >= 15 is 0 Å². The number of benzene rings is 6. The molecule has 0 spiro atoms. The zero-order valence-corrected chi connectivity index (χ0v) is 28.7. The van der Waals surface area contributed by atoms with Gasteiger partial charge in [0.2, 0.25) is 0 Å². The zero-order chi connectivity index (χ0) is 34.3. The first kappa shape index (κ1) is 29.5. The van der Waals surface area contributed by atoms with Crippen molar-refractivity contribution >= 4 is 54.6 Å². The van der Waals surface area contributed by atoms with Gasteiger partial charge in [-0.05, 0) is 71.1 Å². The molecule has 0 fully saturated rings. The van der Waals surface area contributed by atoms with Gasteiger partial charge in [0, 0.05) is 50.1 Å². The molecule has 0 atom stereocenters. The molecule has 10 rings (SSSR count). The molecule has 0 aliphatic carbocycles. The molecule has 5 heteroatoms. The average molecular weight is 658 g/mol. The number of nitrogens with one attached hydrogen (secondary N) is 1. The summed E-state index contributed by atoms with van der Waals surface area (Å²) in [6, 6.07) is 51.9. The Hall–Kier alpha value is -6.46. The molecule has 6 aromatic carbocycles. The number of nitrogens with zero attached hydrogens (tertiary/aromatic N) is 4. The Balaban J connectivity index is 1.25. The maximum atomic E-state index is 5.52. The second-order valence-electron chi connectivity index (χ2n) is 14.4. The molecule has 5 nitrogen and oxygen atoms in total. The van der Waals surface area contributed by atoms with Crippen molar-refractivity contribution in [3.05, 3.63) is 157 Å². The minimum atomic E-state index is 0.0207. The number of hydrogen-bond donors (Lipinski definition) is 1. The van der Waals surface area contributed by atoms with Gasteiger partial charge < -0.3 is 4.98 Å². The van der Waals surface area contributed by atoms with Crippen LogP contribution in [0.5, 0.6) is 0 Å². The molecule has 4 aromatic heterocycles. The summed E-state index contributed by atoms with van der Waals surface area (Å²) in [4.78, 5) is 14.1. The number of imidazole rings is 1. The molecule has 0 saturated heterocycles. The summed E-state index contributed by atoms with van der Waals surface area (Å²) >= 11 is 0. The lowest BCUT2D eigenvalue weighted by atomic mass is 9.86. The number of pyridine rings is 1. The van der Waals surface area contributed by atoms with E-state index in [4.69, 9.17) is 9.97 Å². The maximum Gasteiger partial charge on any atom is 0.147 e. The normalized spacial score (nSPS) is 12.2. The monoisotopic (exact) mass is 657 g/mol. The number of rotatable bonds is 4. The number of para-hydroxylation sites is 4. The summed E-state index contributed by atoms with van der Waals surface area (Å²) in [5.74, 6) is 1.81. The molecule has 0 bridgehead atoms. The highest BCUT2D eigenvalue weighted by molar-refractivity contribution is 6.13. The van der Waals surface area contributed by atoms with Crippen molar-refractivity contribution in [2.45, 2.75) is 26.2 Å². The summed E-state index contributed by atoms with van der Waals surface area (Å²) in [6.45, 7) is 6.80. The van der Waals surface area contributed by atoms with Crippen LogP contribution < -0.4 is 0 Å². The molecule has 0 radical (unpaired) electrons. The lowest BCUT2D eigenvalue weighted by Crippen LogP contribution is -2.10. The predicted molar refractivity (Wildman–Crippen MR) is 212 cm³/mol. The van der Waals surface area contributed by atoms with Gasteiger partial charge in [-0.1, -0.05) is 112 Å². The van der Waals surface area contributed by atoms with Crippen LogP contribution in [0.1, 0.15) is 26.3 Å². The average Bonchev–Trinajstić information content (AvgIpc) is 3.84. The van der Waals surface area contributed by atoms with E-state index in [1.165, 1.54) is 27.1 Å². The van der Waals surface area contributed by atoms with E-state index in [1.807, 2.05) is 12.3 Å². The largest absolute Gasteiger partial charge is 0.354 e. The molecule has 10 aromatic rings. The van der Waals surface area contributed by atoms with E-state index in [9.17, 15) is 0 Å². The number of fused-ring (bicyclic) bond motifs is 7. The van der Waals surface area contributed by atoms with Crippen molar-refractivity contribution in [1.29, 1.82) is 0 Å². The van der Waals surface area contributed by atoms with Crippen LogP contribution >= 0.6 is 0 Å². The third-order valence-electron chi connectivity index (χ3n) is 10.3. The molecular formula is C46H35N5. The molecule has 0 amide bonds. The van der Waals surface area contributed by atoms with Gasteiger partial charge in [0.25, 0.3) is 0 Å². The van der Waals surface area contributed by atoms with Crippen LogP contribution in [0.15, 0.2) is 152 Å². The molecule has 51 heavy (non-hydrogen) atoms. The van der Waals surface area contributed by atoms with E-state index in [0.717, 1.165) is 67.1 Å². The van der Waals surface area contributed by atoms with Crippen molar-refractivity contribution in [3.63, 3.8) is 0 Å². The Labute approximate surface area is 295 Å². The highest BCUT2D eigenvalue weighted by Crippen LogP contribution is 2.41. The Morgan fingerprint density at radius 1 is 0.549 bits per heavy atom. The number of H-pyrrole nitrogens is 1. The van der Waals surface area contributed by atoms with Crippen LogP contribution in [0.3, 0.4) is 0 Å². The molecule has 1 N–H and O–H groups in total. The standard InChI is InChI=1S/C46H35N5/c1-46(2,3)30-23-25-35-34-24-22-29(27-40(34)51(41(35)28-30)42-21-9-10-26-47-42)32-16-12-20-39-44(32)49-45(50(39)31-13-5-4-6-14-31)37-18-11-17-36-33-15-7-8-19-38(33)48-43(36)37/h4-28,48H,1-3H3. The first-order valence-corrected chi connectivity index (χ1v) is 17.5. The molecule has 4 heterocycles. The Kier molecular flexibility index (Phi) is 6.37. The first-order valence-electron chi connectivity index (χ1n) is 17.5. The topological polar surface area (TPSA) is 51.4 Å². The molecule has 0 unspecified atom stereocenters. The Morgan fingerprint density at radius 3 is 2.10 bits per heavy atom. The van der Waals surface area contributed by atoms with Crippen LogP contribution in [0.4, 0.5) is 0 Å². The SMILES string of the molecule is CC(C)(C)c1ccc2c3ccc(-c4cccc5c4nc(-c4cccc6c4[nH]c4ccccc46)n5-c4ccccc4)cc3n(-c3ccccn3)c2c1. The highest BCUT2D eigenvalue weighted by Gasteiger charge is 2.22. The summed E-state index contributed by atoms with van der Waals surface area (Å²) in [5.41, 5.74) is 12.1. The number of aromatic nitrogens is 5. The molecule has 0 saturated carbocycles. The van der Waals surface area contributed by atoms with Gasteiger partial charge in [0.15, 0.2) is 0 Å². The van der Waals surface area contributed by atoms with Crippen LogP contribution in [-0.2, 0) is 5.41 Å². The maximum absolute atomic E-state index is 5.52. The van der Waals surface area contributed by atoms with Gasteiger partial charge in [-0.2, -0.15) is 0 Å². The lowest BCUT2D eigenvalue weighted by molar-refractivity contribution is 0.591. The van der Waals surface area contributed by atoms with Gasteiger partial charge in [-0.3, -0.25) is 9.13 Å². The third kappa shape index (κ3) is 4.55. The fourth-order valence-corrected chi connectivity index (χ4v) is 7.80. The van der Waals surface area contributed by atoms with Crippen molar-refractivity contribution in [3.8, 4) is 34.0 Å². The van der Waals surface area contributed by atoms with E-state index in [2.05, 4.69) is 174 Å². The second kappa shape index (κ2) is 11.0. The second-order valence-corrected chi connectivity index (χ2v) is 14.4. The van der Waals surface area contributed by atoms with E-state index in [1.54, 1.807) is 0 Å². The summed E-state index contributed by atoms with van der Waals surface area (Å²) in [7, 11) is 0. The Bertz CT molecular complexity index is 2940. The van der Waals surface area contributed by atoms with Crippen molar-refractivity contribution in [2.24, 2.45) is 0 Å². The van der Waals surface area contributed by atoms with E-state index in [-0.39, 0.29) is 5.41 Å². The van der Waals surface area contributed by atoms with Gasteiger partial charge in [0.1, 0.15) is 11.6 Å². The fraction of sp³-hybridized carbons (Fsp3) is 0.0870. The lowest BCUT2D eigenvalue weighted by Gasteiger charge is -2.19. The number of aromatic amines is 1. The Morgan fingerprint density at radius 2 is 1.27 bits per heavy atom. The van der Waals surface area contributed by atoms with E-state index < -0.39 is 0 Å². The van der Waals surface area contributed by atoms with Crippen molar-refractivity contribution in [1.82, 2.24) is 24.1 Å². The fourth-order valence-electron chi connectivity index (χ4n) is 7.80. The first-order chi connectivity index (χ1) is 24.9. The minimum Gasteiger partial charge on any atom is -0.354 e. The number of hydrogen-bond acceptors (Lipinski definition) is 2. The zero-order valence-electron chi connectivity index (χ0n) is 28.7. The third-order valence-corrected chi connectivity index (χ3v) is 10.3. The molecule has 0 aliphatic rings. The predicted octanol–water partition coefficient (Wildman–Crippen LogP) is 11.8. The van der Waals surface area contributed by atoms with Gasteiger partial charge >= 0.3 is 0 Å². The highest BCUT2D eigenvalue weighted by atomic mass is 15.1. The van der Waals surface area contributed by atoms with Crippen molar-refractivity contribution in [2.75, 3.05) is 0 Å². The van der Waals surface area contributed by atoms with Crippen molar-refractivity contribution < 1.29 is 0 Å². The van der Waals surface area contributed by atoms with Crippen LogP contribution in [0.25, 0.3) is 88.7 Å². The van der Waals surface area contributed by atoms with Crippen LogP contribution in [0.2, 0.25) is 0 Å². The smallest absolute Gasteiger partial charge is 0.147 e. The van der Waals surface area contributed by atoms with Crippen LogP contribution in [0, 0.1) is 0 Å². The van der Waals surface area contributed by atoms with Gasteiger partial charge in [0.05, 0.1) is 27.6 Å².